The van der Waals surface area contributed by atoms with Crippen molar-refractivity contribution in [2.75, 3.05) is 0 Å². The predicted octanol–water partition coefficient (Wildman–Crippen LogP) is 5.72. The number of nitrogens with one attached hydrogen (secondary N) is 1. The molecule has 0 saturated heterocycles. The van der Waals surface area contributed by atoms with Gasteiger partial charge in [-0.2, -0.15) is 0 Å². The van der Waals surface area contributed by atoms with Crippen LogP contribution >= 0.6 is 11.6 Å². The summed E-state index contributed by atoms with van der Waals surface area (Å²) in [5.74, 6) is 0.0634. The zero-order chi connectivity index (χ0) is 21.6. The van der Waals surface area contributed by atoms with E-state index < -0.39 is 0 Å². The second kappa shape index (κ2) is 9.80. The van der Waals surface area contributed by atoms with Crippen molar-refractivity contribution in [2.45, 2.75) is 38.6 Å². The Kier molecular flexibility index (Phi) is 6.68. The standard InChI is InChI=1S/C26H26ClN3O/c1-19(10-11-20-7-3-2-4-8-20)28-25(31)17-16-23-26(21-12-14-22(27)15-13-21)29-24-9-5-6-18-30(23)24/h2-9,12-15,18-19H,10-11,16-17H2,1H3,(H,28,31). The minimum Gasteiger partial charge on any atom is -0.354 e. The highest BCUT2D eigenvalue weighted by atomic mass is 35.5. The van der Waals surface area contributed by atoms with Gasteiger partial charge < -0.3 is 9.72 Å². The fourth-order valence-corrected chi connectivity index (χ4v) is 3.93. The van der Waals surface area contributed by atoms with Crippen LogP contribution in [-0.2, 0) is 17.6 Å². The fourth-order valence-electron chi connectivity index (χ4n) is 3.80. The highest BCUT2D eigenvalue weighted by Crippen LogP contribution is 2.26. The monoisotopic (exact) mass is 431 g/mol. The van der Waals surface area contributed by atoms with E-state index in [9.17, 15) is 4.79 Å². The van der Waals surface area contributed by atoms with E-state index in [0.29, 0.717) is 17.9 Å². The molecule has 2 aromatic carbocycles. The number of rotatable bonds is 8. The lowest BCUT2D eigenvalue weighted by molar-refractivity contribution is -0.121. The van der Waals surface area contributed by atoms with Crippen LogP contribution in [0.3, 0.4) is 0 Å². The number of fused-ring (bicyclic) bond motifs is 1. The van der Waals surface area contributed by atoms with Gasteiger partial charge in [-0.25, -0.2) is 4.98 Å². The second-order valence-electron chi connectivity index (χ2n) is 7.84. The van der Waals surface area contributed by atoms with Crippen LogP contribution in [0.5, 0.6) is 0 Å². The van der Waals surface area contributed by atoms with Crippen molar-refractivity contribution in [3.63, 3.8) is 0 Å². The Morgan fingerprint density at radius 2 is 1.74 bits per heavy atom. The van der Waals surface area contributed by atoms with Crippen LogP contribution in [0, 0.1) is 0 Å². The number of imidazole rings is 1. The molecule has 1 atom stereocenters. The van der Waals surface area contributed by atoms with Crippen molar-refractivity contribution in [1.82, 2.24) is 14.7 Å². The summed E-state index contributed by atoms with van der Waals surface area (Å²) < 4.78 is 2.07. The van der Waals surface area contributed by atoms with Crippen molar-refractivity contribution in [3.8, 4) is 11.3 Å². The van der Waals surface area contributed by atoms with E-state index in [0.717, 1.165) is 35.4 Å². The summed E-state index contributed by atoms with van der Waals surface area (Å²) in [7, 11) is 0. The maximum atomic E-state index is 12.6. The van der Waals surface area contributed by atoms with E-state index in [4.69, 9.17) is 16.6 Å². The number of carbonyl (C=O) groups excluding carboxylic acids is 1. The summed E-state index contributed by atoms with van der Waals surface area (Å²) in [6.45, 7) is 2.06. The molecule has 4 rings (SSSR count). The quantitative estimate of drug-likeness (QED) is 0.387. The van der Waals surface area contributed by atoms with Crippen LogP contribution in [0.25, 0.3) is 16.9 Å². The van der Waals surface area contributed by atoms with E-state index in [1.165, 1.54) is 5.56 Å². The Hall–Kier alpha value is -3.11. The third kappa shape index (κ3) is 5.33. The van der Waals surface area contributed by atoms with Gasteiger partial charge in [0, 0.05) is 29.2 Å². The van der Waals surface area contributed by atoms with Gasteiger partial charge in [-0.3, -0.25) is 4.79 Å². The molecule has 4 nitrogen and oxygen atoms in total. The van der Waals surface area contributed by atoms with E-state index in [1.807, 2.05) is 66.9 Å². The van der Waals surface area contributed by atoms with Crippen molar-refractivity contribution in [1.29, 1.82) is 0 Å². The third-order valence-electron chi connectivity index (χ3n) is 5.45. The molecule has 0 fully saturated rings. The van der Waals surface area contributed by atoms with Gasteiger partial charge in [0.05, 0.1) is 11.4 Å². The van der Waals surface area contributed by atoms with Gasteiger partial charge in [-0.1, -0.05) is 60.1 Å². The smallest absolute Gasteiger partial charge is 0.220 e. The number of carbonyl (C=O) groups is 1. The SMILES string of the molecule is CC(CCc1ccccc1)NC(=O)CCc1c(-c2ccc(Cl)cc2)nc2ccccn12. The number of amides is 1. The lowest BCUT2D eigenvalue weighted by atomic mass is 10.1. The largest absolute Gasteiger partial charge is 0.354 e. The molecule has 1 amide bonds. The Labute approximate surface area is 187 Å². The molecule has 31 heavy (non-hydrogen) atoms. The third-order valence-corrected chi connectivity index (χ3v) is 5.70. The second-order valence-corrected chi connectivity index (χ2v) is 8.27. The first kappa shape index (κ1) is 21.1. The molecule has 2 aromatic heterocycles. The fraction of sp³-hybridized carbons (Fsp3) is 0.231. The molecular formula is C26H26ClN3O. The summed E-state index contributed by atoms with van der Waals surface area (Å²) in [5.41, 5.74) is 5.10. The minimum atomic E-state index is 0.0634. The van der Waals surface area contributed by atoms with Gasteiger partial charge >= 0.3 is 0 Å². The molecule has 1 unspecified atom stereocenters. The highest BCUT2D eigenvalue weighted by molar-refractivity contribution is 6.30. The lowest BCUT2D eigenvalue weighted by Gasteiger charge is -2.14. The Morgan fingerprint density at radius 1 is 1.00 bits per heavy atom. The first-order valence-corrected chi connectivity index (χ1v) is 11.0. The summed E-state index contributed by atoms with van der Waals surface area (Å²) in [4.78, 5) is 17.4. The molecule has 0 aliphatic carbocycles. The molecule has 4 aromatic rings. The first-order chi connectivity index (χ1) is 15.1. The molecule has 0 bridgehead atoms. The van der Waals surface area contributed by atoms with Gasteiger partial charge in [0.2, 0.25) is 5.91 Å². The Morgan fingerprint density at radius 3 is 2.52 bits per heavy atom. The number of aromatic nitrogens is 2. The van der Waals surface area contributed by atoms with Crippen molar-refractivity contribution < 1.29 is 4.79 Å². The van der Waals surface area contributed by atoms with E-state index >= 15 is 0 Å². The van der Waals surface area contributed by atoms with E-state index in [1.54, 1.807) is 0 Å². The van der Waals surface area contributed by atoms with Crippen LogP contribution < -0.4 is 5.32 Å². The zero-order valence-corrected chi connectivity index (χ0v) is 18.3. The number of hydrogen-bond acceptors (Lipinski definition) is 2. The zero-order valence-electron chi connectivity index (χ0n) is 17.6. The molecular weight excluding hydrogens is 406 g/mol. The van der Waals surface area contributed by atoms with Crippen LogP contribution in [-0.4, -0.2) is 21.3 Å². The Bertz CT molecular complexity index is 1150. The van der Waals surface area contributed by atoms with Gasteiger partial charge in [0.15, 0.2) is 0 Å². The average molecular weight is 432 g/mol. The number of aryl methyl sites for hydroxylation is 2. The van der Waals surface area contributed by atoms with Gasteiger partial charge in [-0.15, -0.1) is 0 Å². The Balaban J connectivity index is 1.42. The maximum absolute atomic E-state index is 12.6. The van der Waals surface area contributed by atoms with Gasteiger partial charge in [0.1, 0.15) is 5.65 Å². The molecule has 1 N–H and O–H groups in total. The van der Waals surface area contributed by atoms with Crippen LogP contribution in [0.1, 0.15) is 31.0 Å². The molecule has 0 aliphatic rings. The van der Waals surface area contributed by atoms with E-state index in [-0.39, 0.29) is 11.9 Å². The maximum Gasteiger partial charge on any atom is 0.220 e. The van der Waals surface area contributed by atoms with Crippen molar-refractivity contribution in [2.24, 2.45) is 0 Å². The minimum absolute atomic E-state index is 0.0634. The van der Waals surface area contributed by atoms with Gasteiger partial charge in [0.25, 0.3) is 0 Å². The van der Waals surface area contributed by atoms with Crippen molar-refractivity contribution >= 4 is 23.2 Å². The topological polar surface area (TPSA) is 46.4 Å². The number of nitrogens with zero attached hydrogens (tertiary/aromatic N) is 2. The number of benzene rings is 2. The normalized spacial score (nSPS) is 12.1. The predicted molar refractivity (Wildman–Crippen MR) is 126 cm³/mol. The lowest BCUT2D eigenvalue weighted by Crippen LogP contribution is -2.33. The molecule has 0 spiro atoms. The van der Waals surface area contributed by atoms with Crippen molar-refractivity contribution in [3.05, 3.63) is 95.3 Å². The molecule has 5 heteroatoms. The van der Waals surface area contributed by atoms with Crippen LogP contribution in [0.2, 0.25) is 5.02 Å². The summed E-state index contributed by atoms with van der Waals surface area (Å²) in [5, 5.41) is 3.83. The number of pyridine rings is 1. The summed E-state index contributed by atoms with van der Waals surface area (Å²) >= 11 is 6.05. The number of hydrogen-bond donors (Lipinski definition) is 1. The molecule has 158 valence electrons. The number of halogens is 1. The van der Waals surface area contributed by atoms with E-state index in [2.05, 4.69) is 28.8 Å². The molecule has 0 radical (unpaired) electrons. The first-order valence-electron chi connectivity index (χ1n) is 10.7. The highest BCUT2D eigenvalue weighted by Gasteiger charge is 2.16. The average Bonchev–Trinajstić information content (AvgIpc) is 3.16. The summed E-state index contributed by atoms with van der Waals surface area (Å²) in [6, 6.07) is 24.1. The summed E-state index contributed by atoms with van der Waals surface area (Å²) in [6.07, 6.45) is 4.90. The van der Waals surface area contributed by atoms with Crippen LogP contribution in [0.4, 0.5) is 0 Å². The molecule has 2 heterocycles. The molecule has 0 saturated carbocycles. The molecule has 0 aliphatic heterocycles. The van der Waals surface area contributed by atoms with Crippen LogP contribution in [0.15, 0.2) is 79.0 Å². The van der Waals surface area contributed by atoms with Gasteiger partial charge in [-0.05, 0) is 56.0 Å².